The Bertz CT molecular complexity index is 880. The lowest BCUT2D eigenvalue weighted by atomic mass is 9.99. The number of fused-ring (bicyclic) bond motifs is 1. The maximum atomic E-state index is 12.3. The van der Waals surface area contributed by atoms with Crippen molar-refractivity contribution in [3.63, 3.8) is 0 Å². The zero-order valence-electron chi connectivity index (χ0n) is 14.1. The van der Waals surface area contributed by atoms with Gasteiger partial charge in [-0.1, -0.05) is 36.9 Å². The molecule has 2 aromatic heterocycles. The van der Waals surface area contributed by atoms with E-state index in [1.165, 1.54) is 11.8 Å². The molecule has 1 N–H and O–H groups in total. The molecule has 1 amide bonds. The summed E-state index contributed by atoms with van der Waals surface area (Å²) in [7, 11) is 0. The number of rotatable bonds is 4. The number of carbonyl (C=O) groups excluding carboxylic acids is 1. The zero-order chi connectivity index (χ0) is 17.2. The number of hydrogen-bond acceptors (Lipinski definition) is 5. The molecule has 6 nitrogen and oxygen atoms in total. The van der Waals surface area contributed by atoms with Gasteiger partial charge >= 0.3 is 0 Å². The first-order valence-electron chi connectivity index (χ1n) is 8.51. The lowest BCUT2D eigenvalue weighted by Gasteiger charge is -2.30. The highest BCUT2D eigenvalue weighted by atomic mass is 32.2. The molecular formula is C18H20N4O2S. The van der Waals surface area contributed by atoms with Gasteiger partial charge in [0.15, 0.2) is 0 Å². The molecule has 1 aromatic carbocycles. The number of aromatic amines is 1. The Balaban J connectivity index is 1.41. The molecule has 0 aliphatic carbocycles. The van der Waals surface area contributed by atoms with E-state index < -0.39 is 0 Å². The number of para-hydroxylation sites is 1. The molecule has 0 spiro atoms. The van der Waals surface area contributed by atoms with Crippen molar-refractivity contribution in [2.45, 2.75) is 25.0 Å². The Morgan fingerprint density at radius 2 is 2.12 bits per heavy atom. The first-order chi connectivity index (χ1) is 12.2. The highest BCUT2D eigenvalue weighted by Crippen LogP contribution is 2.29. The maximum Gasteiger partial charge on any atom is 0.277 e. The van der Waals surface area contributed by atoms with Gasteiger partial charge in [0.05, 0.1) is 11.3 Å². The van der Waals surface area contributed by atoms with E-state index in [4.69, 9.17) is 4.42 Å². The van der Waals surface area contributed by atoms with Gasteiger partial charge in [0.25, 0.3) is 11.1 Å². The van der Waals surface area contributed by atoms with Crippen LogP contribution in [0.2, 0.25) is 0 Å². The topological polar surface area (TPSA) is 75.0 Å². The van der Waals surface area contributed by atoms with Crippen molar-refractivity contribution in [2.24, 2.45) is 5.92 Å². The minimum Gasteiger partial charge on any atom is -0.411 e. The predicted molar refractivity (Wildman–Crippen MR) is 97.3 cm³/mol. The second-order valence-electron chi connectivity index (χ2n) is 6.47. The molecule has 130 valence electrons. The normalized spacial score (nSPS) is 15.8. The number of hydrogen-bond donors (Lipinski definition) is 1. The molecular weight excluding hydrogens is 336 g/mol. The van der Waals surface area contributed by atoms with Crippen molar-refractivity contribution in [1.82, 2.24) is 20.1 Å². The Morgan fingerprint density at radius 3 is 2.96 bits per heavy atom. The summed E-state index contributed by atoms with van der Waals surface area (Å²) >= 11 is 1.30. The number of nitrogens with zero attached hydrogens (tertiary/aromatic N) is 3. The number of amides is 1. The highest BCUT2D eigenvalue weighted by molar-refractivity contribution is 7.99. The molecule has 3 aromatic rings. The minimum atomic E-state index is 0.142. The molecule has 25 heavy (non-hydrogen) atoms. The van der Waals surface area contributed by atoms with Crippen molar-refractivity contribution >= 4 is 28.6 Å². The number of benzene rings is 1. The summed E-state index contributed by atoms with van der Waals surface area (Å²) in [4.78, 5) is 17.4. The first kappa shape index (κ1) is 16.2. The number of nitrogens with one attached hydrogen (secondary N) is 1. The van der Waals surface area contributed by atoms with Gasteiger partial charge in [-0.15, -0.1) is 10.2 Å². The van der Waals surface area contributed by atoms with Crippen molar-refractivity contribution in [1.29, 1.82) is 0 Å². The molecule has 4 rings (SSSR count). The first-order valence-corrected chi connectivity index (χ1v) is 9.50. The standard InChI is InChI=1S/C18H20N4O2S/c1-12-6-8-22(9-7-12)16(23)11-25-18-21-20-17(24-18)14-10-19-15-5-3-2-4-13(14)15/h2-5,10,12,19H,6-9,11H2,1H3. The summed E-state index contributed by atoms with van der Waals surface area (Å²) in [5.41, 5.74) is 1.91. The molecule has 0 saturated carbocycles. The van der Waals surface area contributed by atoms with Crippen LogP contribution in [0.5, 0.6) is 0 Å². The summed E-state index contributed by atoms with van der Waals surface area (Å²) < 4.78 is 5.74. The number of thioether (sulfide) groups is 1. The van der Waals surface area contributed by atoms with Crippen molar-refractivity contribution < 1.29 is 9.21 Å². The van der Waals surface area contributed by atoms with Crippen LogP contribution in [0.25, 0.3) is 22.4 Å². The van der Waals surface area contributed by atoms with Crippen LogP contribution >= 0.6 is 11.8 Å². The van der Waals surface area contributed by atoms with E-state index in [1.807, 2.05) is 35.4 Å². The number of aromatic nitrogens is 3. The van der Waals surface area contributed by atoms with Crippen molar-refractivity contribution in [2.75, 3.05) is 18.8 Å². The van der Waals surface area contributed by atoms with Gasteiger partial charge in [-0.05, 0) is 24.8 Å². The van der Waals surface area contributed by atoms with Crippen LogP contribution in [-0.2, 0) is 4.79 Å². The molecule has 1 saturated heterocycles. The number of carbonyl (C=O) groups is 1. The average Bonchev–Trinajstić information content (AvgIpc) is 3.27. The summed E-state index contributed by atoms with van der Waals surface area (Å²) in [6.07, 6.45) is 4.04. The summed E-state index contributed by atoms with van der Waals surface area (Å²) in [6.45, 7) is 3.94. The van der Waals surface area contributed by atoms with Gasteiger partial charge < -0.3 is 14.3 Å². The molecule has 1 aliphatic heterocycles. The van der Waals surface area contributed by atoms with E-state index in [9.17, 15) is 4.79 Å². The van der Waals surface area contributed by atoms with Crippen LogP contribution in [0, 0.1) is 5.92 Å². The average molecular weight is 356 g/mol. The number of piperidine rings is 1. The third-order valence-electron chi connectivity index (χ3n) is 4.68. The maximum absolute atomic E-state index is 12.3. The third-order valence-corrected chi connectivity index (χ3v) is 5.48. The van der Waals surface area contributed by atoms with Crippen molar-refractivity contribution in [3.8, 4) is 11.5 Å². The molecule has 0 radical (unpaired) electrons. The second kappa shape index (κ2) is 6.92. The Kier molecular flexibility index (Phi) is 4.48. The lowest BCUT2D eigenvalue weighted by Crippen LogP contribution is -2.38. The smallest absolute Gasteiger partial charge is 0.277 e. The van der Waals surface area contributed by atoms with Gasteiger partial charge in [-0.3, -0.25) is 4.79 Å². The molecule has 1 fully saturated rings. The molecule has 7 heteroatoms. The van der Waals surface area contributed by atoms with E-state index >= 15 is 0 Å². The minimum absolute atomic E-state index is 0.142. The van der Waals surface area contributed by atoms with Crippen LogP contribution in [0.4, 0.5) is 0 Å². The largest absolute Gasteiger partial charge is 0.411 e. The second-order valence-corrected chi connectivity index (χ2v) is 7.40. The number of likely N-dealkylation sites (tertiary alicyclic amines) is 1. The van der Waals surface area contributed by atoms with E-state index in [0.717, 1.165) is 42.4 Å². The van der Waals surface area contributed by atoms with Gasteiger partial charge in [0, 0.05) is 30.2 Å². The predicted octanol–water partition coefficient (Wildman–Crippen LogP) is 3.57. The molecule has 0 bridgehead atoms. The zero-order valence-corrected chi connectivity index (χ0v) is 14.9. The van der Waals surface area contributed by atoms with E-state index in [-0.39, 0.29) is 5.91 Å². The van der Waals surface area contributed by atoms with Gasteiger partial charge in [-0.25, -0.2) is 0 Å². The quantitative estimate of drug-likeness (QED) is 0.723. The highest BCUT2D eigenvalue weighted by Gasteiger charge is 2.21. The Labute approximate surface area is 150 Å². The SMILES string of the molecule is CC1CCN(C(=O)CSc2nnc(-c3c[nH]c4ccccc34)o2)CC1. The van der Waals surface area contributed by atoms with Crippen LogP contribution in [0.3, 0.4) is 0 Å². The lowest BCUT2D eigenvalue weighted by molar-refractivity contribution is -0.129. The van der Waals surface area contributed by atoms with Gasteiger partial charge in [0.1, 0.15) is 0 Å². The molecule has 0 atom stereocenters. The van der Waals surface area contributed by atoms with Gasteiger partial charge in [0.2, 0.25) is 5.91 Å². The molecule has 0 unspecified atom stereocenters. The van der Waals surface area contributed by atoms with Gasteiger partial charge in [-0.2, -0.15) is 0 Å². The Hall–Kier alpha value is -2.28. The van der Waals surface area contributed by atoms with Crippen LogP contribution < -0.4 is 0 Å². The fraction of sp³-hybridized carbons (Fsp3) is 0.389. The van der Waals surface area contributed by atoms with E-state index in [0.29, 0.717) is 22.8 Å². The third kappa shape index (κ3) is 3.42. The van der Waals surface area contributed by atoms with Crippen LogP contribution in [0.1, 0.15) is 19.8 Å². The number of H-pyrrole nitrogens is 1. The summed E-state index contributed by atoms with van der Waals surface area (Å²) in [6, 6.07) is 7.97. The van der Waals surface area contributed by atoms with Crippen molar-refractivity contribution in [3.05, 3.63) is 30.5 Å². The molecule has 3 heterocycles. The monoisotopic (exact) mass is 356 g/mol. The fourth-order valence-corrected chi connectivity index (χ4v) is 3.76. The van der Waals surface area contributed by atoms with E-state index in [1.54, 1.807) is 0 Å². The molecule has 1 aliphatic rings. The summed E-state index contributed by atoms with van der Waals surface area (Å²) in [5.74, 6) is 1.67. The Morgan fingerprint density at radius 1 is 1.32 bits per heavy atom. The fourth-order valence-electron chi connectivity index (χ4n) is 3.10. The van der Waals surface area contributed by atoms with Crippen LogP contribution in [0.15, 0.2) is 40.1 Å². The van der Waals surface area contributed by atoms with E-state index in [2.05, 4.69) is 22.1 Å². The summed E-state index contributed by atoms with van der Waals surface area (Å²) in [5, 5.41) is 9.67. The van der Waals surface area contributed by atoms with Crippen LogP contribution in [-0.4, -0.2) is 44.8 Å².